The third-order valence-electron chi connectivity index (χ3n) is 3.04. The average Bonchev–Trinajstić information content (AvgIpc) is 2.81. The van der Waals surface area contributed by atoms with Crippen molar-refractivity contribution >= 4 is 23.1 Å². The van der Waals surface area contributed by atoms with Crippen molar-refractivity contribution in [1.82, 2.24) is 10.3 Å². The van der Waals surface area contributed by atoms with Crippen LogP contribution in [0.25, 0.3) is 0 Å². The molecule has 5 heteroatoms. The molecule has 1 unspecified atom stereocenters. The summed E-state index contributed by atoms with van der Waals surface area (Å²) in [5.41, 5.74) is 1.27. The summed E-state index contributed by atoms with van der Waals surface area (Å²) >= 11 is 3.81. The topological polar surface area (TPSA) is 34.1 Å². The second kappa shape index (κ2) is 7.62. The van der Waals surface area contributed by atoms with E-state index in [1.54, 1.807) is 0 Å². The molecule has 1 aliphatic rings. The van der Waals surface area contributed by atoms with Gasteiger partial charge in [0.05, 0.1) is 12.3 Å². The van der Waals surface area contributed by atoms with Gasteiger partial charge in [-0.1, -0.05) is 27.2 Å². The molecule has 1 aromatic rings. The molecular weight excluding hydrogens is 276 g/mol. The first kappa shape index (κ1) is 15.3. The normalized spacial score (nSPS) is 20.1. The second-order valence-corrected chi connectivity index (χ2v) is 7.41. The lowest BCUT2D eigenvalue weighted by molar-refractivity contribution is 0.0754. The van der Waals surface area contributed by atoms with Gasteiger partial charge in [0, 0.05) is 29.0 Å². The van der Waals surface area contributed by atoms with Gasteiger partial charge in [-0.15, -0.1) is 11.3 Å². The Morgan fingerprint density at radius 3 is 2.95 bits per heavy atom. The standard InChI is InChI=1S/C14H24N2OS2/c1-4-5-11-13(8-15-10(2)3)19-14(16-11)12-9-18-7-6-17-12/h10,12,15H,4-9H2,1-3H3. The quantitative estimate of drug-likeness (QED) is 0.873. The molecule has 0 saturated carbocycles. The summed E-state index contributed by atoms with van der Waals surface area (Å²) < 4.78 is 5.84. The molecule has 108 valence electrons. The van der Waals surface area contributed by atoms with Gasteiger partial charge >= 0.3 is 0 Å². The molecule has 3 nitrogen and oxygen atoms in total. The van der Waals surface area contributed by atoms with Crippen LogP contribution in [0.5, 0.6) is 0 Å². The van der Waals surface area contributed by atoms with Crippen LogP contribution in [0, 0.1) is 0 Å². The molecule has 0 bridgehead atoms. The van der Waals surface area contributed by atoms with E-state index in [0.29, 0.717) is 6.04 Å². The minimum atomic E-state index is 0.215. The van der Waals surface area contributed by atoms with Crippen LogP contribution in [0.2, 0.25) is 0 Å². The van der Waals surface area contributed by atoms with Gasteiger partial charge in [-0.05, 0) is 6.42 Å². The first-order chi connectivity index (χ1) is 9.20. The molecule has 1 N–H and O–H groups in total. The van der Waals surface area contributed by atoms with Crippen LogP contribution in [0.4, 0.5) is 0 Å². The fourth-order valence-corrected chi connectivity index (χ4v) is 4.10. The number of aryl methyl sites for hydroxylation is 1. The van der Waals surface area contributed by atoms with E-state index in [1.807, 2.05) is 23.1 Å². The van der Waals surface area contributed by atoms with E-state index >= 15 is 0 Å². The summed E-state index contributed by atoms with van der Waals surface area (Å²) in [5.74, 6) is 2.17. The SMILES string of the molecule is CCCc1nc(C2CSCCO2)sc1CNC(C)C. The Kier molecular flexibility index (Phi) is 6.13. The van der Waals surface area contributed by atoms with E-state index in [1.165, 1.54) is 15.6 Å². The zero-order chi connectivity index (χ0) is 13.7. The second-order valence-electron chi connectivity index (χ2n) is 5.14. The van der Waals surface area contributed by atoms with E-state index in [4.69, 9.17) is 9.72 Å². The predicted octanol–water partition coefficient (Wildman–Crippen LogP) is 3.40. The largest absolute Gasteiger partial charge is 0.369 e. The number of hydrogen-bond donors (Lipinski definition) is 1. The molecule has 1 saturated heterocycles. The van der Waals surface area contributed by atoms with Gasteiger partial charge in [0.25, 0.3) is 0 Å². The third kappa shape index (κ3) is 4.45. The van der Waals surface area contributed by atoms with E-state index in [0.717, 1.165) is 37.5 Å². The molecule has 1 atom stereocenters. The molecule has 2 heterocycles. The molecule has 0 spiro atoms. The molecule has 0 amide bonds. The highest BCUT2D eigenvalue weighted by Gasteiger charge is 2.22. The van der Waals surface area contributed by atoms with Crippen molar-refractivity contribution in [2.24, 2.45) is 0 Å². The first-order valence-electron chi connectivity index (χ1n) is 7.12. The molecule has 0 radical (unpaired) electrons. The van der Waals surface area contributed by atoms with Crippen molar-refractivity contribution in [2.45, 2.75) is 52.3 Å². The maximum atomic E-state index is 5.84. The van der Waals surface area contributed by atoms with Crippen LogP contribution < -0.4 is 5.32 Å². The lowest BCUT2D eigenvalue weighted by Gasteiger charge is -2.19. The van der Waals surface area contributed by atoms with Crippen molar-refractivity contribution in [1.29, 1.82) is 0 Å². The Balaban J connectivity index is 2.08. The summed E-state index contributed by atoms with van der Waals surface area (Å²) in [4.78, 5) is 6.24. The smallest absolute Gasteiger partial charge is 0.123 e. The van der Waals surface area contributed by atoms with Crippen LogP contribution in [0.3, 0.4) is 0 Å². The van der Waals surface area contributed by atoms with E-state index < -0.39 is 0 Å². The summed E-state index contributed by atoms with van der Waals surface area (Å²) in [6.07, 6.45) is 2.44. The number of hydrogen-bond acceptors (Lipinski definition) is 5. The molecule has 0 aromatic carbocycles. The number of ether oxygens (including phenoxy) is 1. The fourth-order valence-electron chi connectivity index (χ4n) is 2.04. The van der Waals surface area contributed by atoms with Gasteiger partial charge in [0.15, 0.2) is 0 Å². The van der Waals surface area contributed by atoms with Crippen molar-refractivity contribution in [3.63, 3.8) is 0 Å². The highest BCUT2D eigenvalue weighted by molar-refractivity contribution is 7.99. The summed E-state index contributed by atoms with van der Waals surface area (Å²) in [5, 5.41) is 4.68. The van der Waals surface area contributed by atoms with Crippen LogP contribution in [0.15, 0.2) is 0 Å². The summed E-state index contributed by atoms with van der Waals surface area (Å²) in [6.45, 7) is 8.37. The van der Waals surface area contributed by atoms with Crippen molar-refractivity contribution in [2.75, 3.05) is 18.1 Å². The van der Waals surface area contributed by atoms with Gasteiger partial charge in [0.2, 0.25) is 0 Å². The van der Waals surface area contributed by atoms with Crippen LogP contribution in [-0.2, 0) is 17.7 Å². The number of aromatic nitrogens is 1. The first-order valence-corrected chi connectivity index (χ1v) is 9.09. The zero-order valence-electron chi connectivity index (χ0n) is 12.1. The number of rotatable bonds is 6. The number of nitrogens with zero attached hydrogens (tertiary/aromatic N) is 1. The summed E-state index contributed by atoms with van der Waals surface area (Å²) in [7, 11) is 0. The van der Waals surface area contributed by atoms with E-state index in [2.05, 4.69) is 26.1 Å². The lowest BCUT2D eigenvalue weighted by atomic mass is 10.2. The predicted molar refractivity (Wildman–Crippen MR) is 84.1 cm³/mol. The van der Waals surface area contributed by atoms with Crippen molar-refractivity contribution in [3.05, 3.63) is 15.6 Å². The van der Waals surface area contributed by atoms with Crippen LogP contribution in [0.1, 0.15) is 48.9 Å². The molecule has 1 aromatic heterocycles. The Morgan fingerprint density at radius 1 is 1.47 bits per heavy atom. The van der Waals surface area contributed by atoms with Crippen molar-refractivity contribution in [3.8, 4) is 0 Å². The Labute approximate surface area is 124 Å². The molecule has 0 aliphatic carbocycles. The average molecular weight is 300 g/mol. The van der Waals surface area contributed by atoms with E-state index in [-0.39, 0.29) is 6.10 Å². The zero-order valence-corrected chi connectivity index (χ0v) is 13.7. The van der Waals surface area contributed by atoms with Gasteiger partial charge in [0.1, 0.15) is 11.1 Å². The number of thiazole rings is 1. The highest BCUT2D eigenvalue weighted by Crippen LogP contribution is 2.31. The van der Waals surface area contributed by atoms with Gasteiger partial charge < -0.3 is 10.1 Å². The molecule has 1 fully saturated rings. The monoisotopic (exact) mass is 300 g/mol. The summed E-state index contributed by atoms with van der Waals surface area (Å²) in [6, 6.07) is 0.515. The van der Waals surface area contributed by atoms with Gasteiger partial charge in [-0.25, -0.2) is 4.98 Å². The number of nitrogens with one attached hydrogen (secondary N) is 1. The minimum Gasteiger partial charge on any atom is -0.369 e. The minimum absolute atomic E-state index is 0.215. The maximum absolute atomic E-state index is 5.84. The fraction of sp³-hybridized carbons (Fsp3) is 0.786. The van der Waals surface area contributed by atoms with Gasteiger partial charge in [-0.3, -0.25) is 0 Å². The molecule has 2 rings (SSSR count). The van der Waals surface area contributed by atoms with E-state index in [9.17, 15) is 0 Å². The van der Waals surface area contributed by atoms with Crippen LogP contribution in [-0.4, -0.2) is 29.1 Å². The number of thioether (sulfide) groups is 1. The van der Waals surface area contributed by atoms with Gasteiger partial charge in [-0.2, -0.15) is 11.8 Å². The van der Waals surface area contributed by atoms with Crippen LogP contribution >= 0.6 is 23.1 Å². The Hall–Kier alpha value is -0.100. The van der Waals surface area contributed by atoms with Crippen molar-refractivity contribution < 1.29 is 4.74 Å². The lowest BCUT2D eigenvalue weighted by Crippen LogP contribution is -2.21. The molecule has 1 aliphatic heterocycles. The molecule has 19 heavy (non-hydrogen) atoms. The Bertz CT molecular complexity index is 387. The molecular formula is C14H24N2OS2. The Morgan fingerprint density at radius 2 is 2.32 bits per heavy atom. The maximum Gasteiger partial charge on any atom is 0.123 e. The third-order valence-corrected chi connectivity index (χ3v) is 5.23. The highest BCUT2D eigenvalue weighted by atomic mass is 32.2.